The van der Waals surface area contributed by atoms with E-state index in [0.717, 1.165) is 0 Å². The Morgan fingerprint density at radius 2 is 1.89 bits per heavy atom. The van der Waals surface area contributed by atoms with Crippen LogP contribution in [0.4, 0.5) is 11.9 Å². The van der Waals surface area contributed by atoms with Crippen molar-refractivity contribution < 1.29 is 4.74 Å². The van der Waals surface area contributed by atoms with Gasteiger partial charge in [-0.1, -0.05) is 26.2 Å². The molecule has 1 aromatic rings. The van der Waals surface area contributed by atoms with Crippen LogP contribution >= 0.6 is 0 Å². The van der Waals surface area contributed by atoms with Gasteiger partial charge >= 0.3 is 6.01 Å². The largest absolute Gasteiger partial charge is 0.467 e. The number of nitrogens with one attached hydrogen (secondary N) is 2. The Labute approximate surface area is 114 Å². The summed E-state index contributed by atoms with van der Waals surface area (Å²) in [5.74, 6) is 1.83. The first-order valence-electron chi connectivity index (χ1n) is 7.01. The smallest absolute Gasteiger partial charge is 0.322 e. The van der Waals surface area contributed by atoms with Crippen molar-refractivity contribution in [1.82, 2.24) is 15.0 Å². The average molecular weight is 265 g/mol. The van der Waals surface area contributed by atoms with Gasteiger partial charge in [-0.2, -0.15) is 15.0 Å². The highest BCUT2D eigenvalue weighted by Crippen LogP contribution is 2.29. The van der Waals surface area contributed by atoms with Crippen LogP contribution in [0.3, 0.4) is 0 Å². The zero-order valence-corrected chi connectivity index (χ0v) is 11.9. The molecule has 2 rings (SSSR count). The lowest BCUT2D eigenvalue weighted by molar-refractivity contribution is 0.315. The average Bonchev–Trinajstić information content (AvgIpc) is 2.47. The molecule has 2 atom stereocenters. The number of hydrogen-bond donors (Lipinski definition) is 2. The van der Waals surface area contributed by atoms with Crippen LogP contribution in [0.15, 0.2) is 0 Å². The second-order valence-electron chi connectivity index (χ2n) is 4.92. The lowest BCUT2D eigenvalue weighted by Gasteiger charge is -2.31. The van der Waals surface area contributed by atoms with E-state index in [2.05, 4.69) is 32.5 Å². The van der Waals surface area contributed by atoms with Gasteiger partial charge in [-0.25, -0.2) is 0 Å². The van der Waals surface area contributed by atoms with Crippen LogP contribution in [0.2, 0.25) is 0 Å². The van der Waals surface area contributed by atoms with E-state index in [9.17, 15) is 0 Å². The molecule has 2 N–H and O–H groups in total. The van der Waals surface area contributed by atoms with Gasteiger partial charge in [-0.05, 0) is 18.8 Å². The van der Waals surface area contributed by atoms with Crippen molar-refractivity contribution in [3.63, 3.8) is 0 Å². The third kappa shape index (κ3) is 3.45. The van der Waals surface area contributed by atoms with E-state index < -0.39 is 0 Å². The van der Waals surface area contributed by atoms with Gasteiger partial charge in [0.05, 0.1) is 7.11 Å². The molecule has 1 aliphatic rings. The molecule has 6 heteroatoms. The minimum atomic E-state index is 0.339. The van der Waals surface area contributed by atoms with Crippen LogP contribution in [0.25, 0.3) is 0 Å². The number of hydrogen-bond acceptors (Lipinski definition) is 6. The summed E-state index contributed by atoms with van der Waals surface area (Å²) >= 11 is 0. The molecule has 1 aliphatic carbocycles. The SMILES string of the molecule is CCC1CCCCC1Nc1nc(NC)nc(OC)n1. The summed E-state index contributed by atoms with van der Waals surface area (Å²) in [6.07, 6.45) is 6.27. The van der Waals surface area contributed by atoms with Gasteiger partial charge in [-0.15, -0.1) is 0 Å². The number of aromatic nitrogens is 3. The third-order valence-corrected chi connectivity index (χ3v) is 3.77. The van der Waals surface area contributed by atoms with Gasteiger partial charge in [0.2, 0.25) is 11.9 Å². The predicted octanol–water partition coefficient (Wildman–Crippen LogP) is 2.30. The fourth-order valence-corrected chi connectivity index (χ4v) is 2.68. The van der Waals surface area contributed by atoms with E-state index in [-0.39, 0.29) is 0 Å². The number of anilines is 2. The summed E-state index contributed by atoms with van der Waals surface area (Å²) in [5, 5.41) is 6.37. The summed E-state index contributed by atoms with van der Waals surface area (Å²) in [5.41, 5.74) is 0. The minimum absolute atomic E-state index is 0.339. The second-order valence-corrected chi connectivity index (χ2v) is 4.92. The van der Waals surface area contributed by atoms with Crippen LogP contribution in [-0.2, 0) is 0 Å². The molecule has 1 heterocycles. The summed E-state index contributed by atoms with van der Waals surface area (Å²) < 4.78 is 5.10. The molecule has 0 bridgehead atoms. The molecule has 106 valence electrons. The highest BCUT2D eigenvalue weighted by Gasteiger charge is 2.24. The van der Waals surface area contributed by atoms with E-state index in [0.29, 0.717) is 29.9 Å². The van der Waals surface area contributed by atoms with Gasteiger partial charge in [0, 0.05) is 13.1 Å². The molecule has 0 aliphatic heterocycles. The van der Waals surface area contributed by atoms with Gasteiger partial charge in [-0.3, -0.25) is 0 Å². The first-order chi connectivity index (χ1) is 9.26. The number of ether oxygens (including phenoxy) is 1. The molecule has 1 aromatic heterocycles. The molecular weight excluding hydrogens is 242 g/mol. The van der Waals surface area contributed by atoms with Crippen LogP contribution in [0, 0.1) is 5.92 Å². The van der Waals surface area contributed by atoms with E-state index in [1.165, 1.54) is 32.1 Å². The van der Waals surface area contributed by atoms with Crippen molar-refractivity contribution in [3.05, 3.63) is 0 Å². The molecule has 1 fully saturated rings. The van der Waals surface area contributed by atoms with Crippen molar-refractivity contribution in [3.8, 4) is 6.01 Å². The summed E-state index contributed by atoms with van der Waals surface area (Å²) in [6.45, 7) is 2.25. The number of nitrogens with zero attached hydrogens (tertiary/aromatic N) is 3. The van der Waals surface area contributed by atoms with Gasteiger partial charge < -0.3 is 15.4 Å². The van der Waals surface area contributed by atoms with Crippen LogP contribution < -0.4 is 15.4 Å². The fraction of sp³-hybridized carbons (Fsp3) is 0.769. The molecule has 2 unspecified atom stereocenters. The van der Waals surface area contributed by atoms with Crippen LogP contribution in [0.5, 0.6) is 6.01 Å². The number of methoxy groups -OCH3 is 1. The Morgan fingerprint density at radius 1 is 1.16 bits per heavy atom. The summed E-state index contributed by atoms with van der Waals surface area (Å²) in [4.78, 5) is 12.7. The Balaban J connectivity index is 2.12. The Hall–Kier alpha value is -1.59. The molecule has 0 saturated heterocycles. The Morgan fingerprint density at radius 3 is 2.58 bits per heavy atom. The minimum Gasteiger partial charge on any atom is -0.467 e. The Bertz CT molecular complexity index is 390. The topological polar surface area (TPSA) is 72.0 Å². The van der Waals surface area contributed by atoms with E-state index in [1.807, 2.05) is 0 Å². The van der Waals surface area contributed by atoms with Crippen molar-refractivity contribution in [2.45, 2.75) is 45.1 Å². The van der Waals surface area contributed by atoms with Gasteiger partial charge in [0.25, 0.3) is 0 Å². The monoisotopic (exact) mass is 265 g/mol. The molecule has 19 heavy (non-hydrogen) atoms. The molecule has 0 radical (unpaired) electrons. The lowest BCUT2D eigenvalue weighted by Crippen LogP contribution is -2.32. The van der Waals surface area contributed by atoms with Crippen LogP contribution in [-0.4, -0.2) is 35.2 Å². The van der Waals surface area contributed by atoms with E-state index in [1.54, 1.807) is 14.2 Å². The van der Waals surface area contributed by atoms with E-state index >= 15 is 0 Å². The molecule has 6 nitrogen and oxygen atoms in total. The molecule has 0 aromatic carbocycles. The first kappa shape index (κ1) is 13.8. The number of rotatable bonds is 5. The van der Waals surface area contributed by atoms with Crippen molar-refractivity contribution in [2.75, 3.05) is 24.8 Å². The van der Waals surface area contributed by atoms with Crippen molar-refractivity contribution in [1.29, 1.82) is 0 Å². The first-order valence-corrected chi connectivity index (χ1v) is 7.01. The lowest BCUT2D eigenvalue weighted by atomic mass is 9.83. The standard InChI is InChI=1S/C13H23N5O/c1-4-9-7-5-6-8-10(9)15-12-16-11(14-2)17-13(18-12)19-3/h9-10H,4-8H2,1-3H3,(H2,14,15,16,17,18). The maximum absolute atomic E-state index is 5.10. The van der Waals surface area contributed by atoms with Crippen molar-refractivity contribution >= 4 is 11.9 Å². The molecular formula is C13H23N5O. The van der Waals surface area contributed by atoms with Crippen LogP contribution in [0.1, 0.15) is 39.0 Å². The maximum Gasteiger partial charge on any atom is 0.322 e. The third-order valence-electron chi connectivity index (χ3n) is 3.77. The van der Waals surface area contributed by atoms with Gasteiger partial charge in [0.1, 0.15) is 0 Å². The highest BCUT2D eigenvalue weighted by atomic mass is 16.5. The second kappa shape index (κ2) is 6.54. The highest BCUT2D eigenvalue weighted by molar-refractivity contribution is 5.36. The Kier molecular flexibility index (Phi) is 4.76. The molecule has 1 saturated carbocycles. The predicted molar refractivity (Wildman–Crippen MR) is 75.6 cm³/mol. The maximum atomic E-state index is 5.10. The van der Waals surface area contributed by atoms with Crippen molar-refractivity contribution in [2.24, 2.45) is 5.92 Å². The fourth-order valence-electron chi connectivity index (χ4n) is 2.68. The quantitative estimate of drug-likeness (QED) is 0.851. The normalized spacial score (nSPS) is 22.9. The summed E-state index contributed by atoms with van der Waals surface area (Å²) in [6, 6.07) is 0.793. The van der Waals surface area contributed by atoms with E-state index in [4.69, 9.17) is 4.74 Å². The molecule has 0 spiro atoms. The van der Waals surface area contributed by atoms with Gasteiger partial charge in [0.15, 0.2) is 0 Å². The molecule has 0 amide bonds. The zero-order chi connectivity index (χ0) is 13.7. The summed E-state index contributed by atoms with van der Waals surface area (Å²) in [7, 11) is 3.35. The zero-order valence-electron chi connectivity index (χ0n) is 11.9.